The van der Waals surface area contributed by atoms with E-state index in [-0.39, 0.29) is 17.2 Å². The van der Waals surface area contributed by atoms with E-state index in [2.05, 4.69) is 72.2 Å². The van der Waals surface area contributed by atoms with Gasteiger partial charge in [0.15, 0.2) is 0 Å². The van der Waals surface area contributed by atoms with Gasteiger partial charge in [0.2, 0.25) is 0 Å². The fraction of sp³-hybridized carbons (Fsp3) is 0.405. The number of benzene rings is 2. The summed E-state index contributed by atoms with van der Waals surface area (Å²) in [6.07, 6.45) is 1.79. The molecule has 2 aromatic carbocycles. The monoisotopic (exact) mass is 627 g/mol. The first-order valence-corrected chi connectivity index (χ1v) is 16.7. The maximum atomic E-state index is 12.5. The third-order valence-electron chi connectivity index (χ3n) is 9.34. The van der Waals surface area contributed by atoms with Crippen molar-refractivity contribution in [2.24, 2.45) is 0 Å². The van der Waals surface area contributed by atoms with Gasteiger partial charge in [0, 0.05) is 53.9 Å². The Balaban J connectivity index is 1.22. The molecule has 0 unspecified atom stereocenters. The molecule has 0 saturated carbocycles. The normalized spacial score (nSPS) is 17.1. The first kappa shape index (κ1) is 32.7. The lowest BCUT2D eigenvalue weighted by Crippen LogP contribution is -2.48. The van der Waals surface area contributed by atoms with Crippen LogP contribution >= 0.6 is 11.3 Å². The fourth-order valence-electron chi connectivity index (χ4n) is 6.85. The Morgan fingerprint density at radius 1 is 0.711 bits per heavy atom. The maximum Gasteiger partial charge on any atom is 0.334 e. The van der Waals surface area contributed by atoms with E-state index in [0.717, 1.165) is 55.3 Å². The summed E-state index contributed by atoms with van der Waals surface area (Å²) in [5.74, 6) is -2.89. The number of carboxylic acids is 2. The summed E-state index contributed by atoms with van der Waals surface area (Å²) in [6, 6.07) is 21.8. The highest BCUT2D eigenvalue weighted by Gasteiger charge is 2.40. The van der Waals surface area contributed by atoms with Gasteiger partial charge in [0.25, 0.3) is 0 Å². The highest BCUT2D eigenvalue weighted by molar-refractivity contribution is 7.12. The van der Waals surface area contributed by atoms with Crippen molar-refractivity contribution >= 4 is 23.3 Å². The lowest BCUT2D eigenvalue weighted by atomic mass is 9.83. The second-order valence-electron chi connectivity index (χ2n) is 12.5. The Labute approximate surface area is 271 Å². The Bertz CT molecular complexity index is 1500. The number of unbranched alkanes of at least 4 members (excludes halogenated alkanes) is 1. The molecule has 7 nitrogen and oxygen atoms in total. The number of hydrogen-bond acceptors (Lipinski definition) is 6. The number of nitrogens with zero attached hydrogens (tertiary/aromatic N) is 3. The quantitative estimate of drug-likeness (QED) is 0.222. The van der Waals surface area contributed by atoms with Crippen molar-refractivity contribution in [3.8, 4) is 0 Å². The van der Waals surface area contributed by atoms with Crippen molar-refractivity contribution in [3.63, 3.8) is 0 Å². The van der Waals surface area contributed by atoms with Crippen LogP contribution in [-0.4, -0.2) is 76.1 Å². The molecular weight excluding hydrogens is 582 g/mol. The Hall–Kier alpha value is -3.72. The first-order chi connectivity index (χ1) is 21.5. The summed E-state index contributed by atoms with van der Waals surface area (Å²) in [7, 11) is 0. The standard InChI is InChI=1S/C37H45N3O4S/c1-24-8-13-29(14-9-24)35(30-15-10-25(2)11-16-30)39-22-20-38(21-23-39)18-6-7-19-40-27(4)32(36(41)42)34(31-17-12-26(3)45-31)33(28(40)5)37(43)44/h8-17,34-35H,6-7,18-23H2,1-5H3,(H,41,42)(H,43,44). The van der Waals surface area contributed by atoms with Gasteiger partial charge in [-0.2, -0.15) is 0 Å². The van der Waals surface area contributed by atoms with Crippen LogP contribution in [-0.2, 0) is 9.59 Å². The molecule has 8 heteroatoms. The predicted octanol–water partition coefficient (Wildman–Crippen LogP) is 6.98. The summed E-state index contributed by atoms with van der Waals surface area (Å²) in [5.41, 5.74) is 6.76. The van der Waals surface area contributed by atoms with E-state index in [4.69, 9.17) is 0 Å². The SMILES string of the molecule is CC1=C(C(=O)O)C(c2ccc(C)s2)C(C(=O)O)=C(C)N1CCCCN1CCN(C(c2ccc(C)cc2)c2ccc(C)cc2)CC1. The molecule has 5 rings (SSSR count). The van der Waals surface area contributed by atoms with Gasteiger partial charge >= 0.3 is 11.9 Å². The number of carbonyl (C=O) groups is 2. The van der Waals surface area contributed by atoms with Crippen molar-refractivity contribution < 1.29 is 19.8 Å². The summed E-state index contributed by atoms with van der Waals surface area (Å²) in [5, 5.41) is 20.4. The lowest BCUT2D eigenvalue weighted by Gasteiger charge is -2.40. The molecule has 3 heterocycles. The summed E-state index contributed by atoms with van der Waals surface area (Å²) in [4.78, 5) is 33.8. The van der Waals surface area contributed by atoms with Gasteiger partial charge in [-0.25, -0.2) is 9.59 Å². The van der Waals surface area contributed by atoms with Crippen LogP contribution in [0.4, 0.5) is 0 Å². The molecule has 3 aromatic rings. The number of piperazine rings is 1. The van der Waals surface area contributed by atoms with Crippen LogP contribution in [0.25, 0.3) is 0 Å². The summed E-state index contributed by atoms with van der Waals surface area (Å²) < 4.78 is 0. The van der Waals surface area contributed by atoms with Gasteiger partial charge in [0.05, 0.1) is 23.1 Å². The number of aryl methyl sites for hydroxylation is 3. The number of thiophene rings is 1. The van der Waals surface area contributed by atoms with Crippen molar-refractivity contribution in [3.05, 3.63) is 115 Å². The summed E-state index contributed by atoms with van der Waals surface area (Å²) in [6.45, 7) is 15.3. The molecule has 1 saturated heterocycles. The van der Waals surface area contributed by atoms with Crippen molar-refractivity contribution in [2.75, 3.05) is 39.3 Å². The molecule has 2 aliphatic heterocycles. The first-order valence-electron chi connectivity index (χ1n) is 15.9. The predicted molar refractivity (Wildman–Crippen MR) is 181 cm³/mol. The van der Waals surface area contributed by atoms with Gasteiger partial charge < -0.3 is 20.0 Å². The third kappa shape index (κ3) is 7.24. The minimum absolute atomic E-state index is 0.160. The van der Waals surface area contributed by atoms with E-state index in [1.807, 2.05) is 37.8 Å². The van der Waals surface area contributed by atoms with Crippen LogP contribution < -0.4 is 0 Å². The Kier molecular flexibility index (Phi) is 10.3. The van der Waals surface area contributed by atoms with Gasteiger partial charge in [0.1, 0.15) is 0 Å². The number of allylic oxidation sites excluding steroid dienone is 2. The average Bonchev–Trinajstić information content (AvgIpc) is 3.44. The van der Waals surface area contributed by atoms with Gasteiger partial charge in [-0.05, 0) is 77.3 Å². The molecule has 0 radical (unpaired) electrons. The smallest absolute Gasteiger partial charge is 0.334 e. The van der Waals surface area contributed by atoms with E-state index in [0.29, 0.717) is 17.9 Å². The molecule has 0 bridgehead atoms. The number of rotatable bonds is 11. The molecule has 1 aromatic heterocycles. The summed E-state index contributed by atoms with van der Waals surface area (Å²) >= 11 is 1.46. The van der Waals surface area contributed by atoms with Crippen molar-refractivity contribution in [1.82, 2.24) is 14.7 Å². The van der Waals surface area contributed by atoms with E-state index >= 15 is 0 Å². The van der Waals surface area contributed by atoms with Gasteiger partial charge in [-0.15, -0.1) is 11.3 Å². The minimum atomic E-state index is -1.06. The van der Waals surface area contributed by atoms with Crippen LogP contribution in [0.15, 0.2) is 83.2 Å². The van der Waals surface area contributed by atoms with Crippen LogP contribution in [0.1, 0.15) is 70.7 Å². The number of hydrogen-bond donors (Lipinski definition) is 2. The third-order valence-corrected chi connectivity index (χ3v) is 10.4. The highest BCUT2D eigenvalue weighted by atomic mass is 32.1. The topological polar surface area (TPSA) is 84.3 Å². The molecule has 1 fully saturated rings. The van der Waals surface area contributed by atoms with Crippen LogP contribution in [0.2, 0.25) is 0 Å². The number of aliphatic carboxylic acids is 2. The van der Waals surface area contributed by atoms with E-state index in [9.17, 15) is 19.8 Å². The Morgan fingerprint density at radius 3 is 1.64 bits per heavy atom. The average molecular weight is 628 g/mol. The molecule has 238 valence electrons. The van der Waals surface area contributed by atoms with Crippen molar-refractivity contribution in [1.29, 1.82) is 0 Å². The van der Waals surface area contributed by atoms with Gasteiger partial charge in [-0.1, -0.05) is 59.7 Å². The minimum Gasteiger partial charge on any atom is -0.478 e. The second-order valence-corrected chi connectivity index (χ2v) is 13.8. The molecule has 2 N–H and O–H groups in total. The molecule has 0 spiro atoms. The van der Waals surface area contributed by atoms with E-state index in [1.54, 1.807) is 0 Å². The molecular formula is C37H45N3O4S. The zero-order valence-electron chi connectivity index (χ0n) is 27.0. The zero-order valence-corrected chi connectivity index (χ0v) is 27.9. The van der Waals surface area contributed by atoms with Gasteiger partial charge in [-0.3, -0.25) is 4.90 Å². The van der Waals surface area contributed by atoms with Crippen LogP contribution in [0.3, 0.4) is 0 Å². The van der Waals surface area contributed by atoms with E-state index < -0.39 is 17.9 Å². The van der Waals surface area contributed by atoms with E-state index in [1.165, 1.54) is 33.6 Å². The molecule has 0 amide bonds. The number of carboxylic acid groups (broad SMARTS) is 2. The van der Waals surface area contributed by atoms with Crippen molar-refractivity contribution in [2.45, 2.75) is 59.4 Å². The zero-order chi connectivity index (χ0) is 32.2. The second kappa shape index (κ2) is 14.1. The maximum absolute atomic E-state index is 12.5. The molecule has 0 aliphatic carbocycles. The molecule has 45 heavy (non-hydrogen) atoms. The van der Waals surface area contributed by atoms with Crippen LogP contribution in [0, 0.1) is 20.8 Å². The largest absolute Gasteiger partial charge is 0.478 e. The Morgan fingerprint density at radius 2 is 1.20 bits per heavy atom. The molecule has 0 atom stereocenters. The fourth-order valence-corrected chi connectivity index (χ4v) is 7.85. The molecule has 2 aliphatic rings. The van der Waals surface area contributed by atoms with Crippen LogP contribution in [0.5, 0.6) is 0 Å². The lowest BCUT2D eigenvalue weighted by molar-refractivity contribution is -0.133. The highest BCUT2D eigenvalue weighted by Crippen LogP contribution is 2.44.